The summed E-state index contributed by atoms with van der Waals surface area (Å²) in [5, 5.41) is 4.24. The van der Waals surface area contributed by atoms with E-state index in [4.69, 9.17) is 0 Å². The topological polar surface area (TPSA) is 46.5 Å². The molecule has 2 aromatic rings. The lowest BCUT2D eigenvalue weighted by Crippen LogP contribution is -2.01. The Bertz CT molecular complexity index is 347. The number of imidazole rings is 1. The van der Waals surface area contributed by atoms with Gasteiger partial charge in [0.05, 0.1) is 12.2 Å². The third-order valence-electron chi connectivity index (χ3n) is 1.64. The van der Waals surface area contributed by atoms with E-state index in [1.165, 1.54) is 0 Å². The molecule has 12 heavy (non-hydrogen) atoms. The zero-order chi connectivity index (χ0) is 8.39. The Kier molecular flexibility index (Phi) is 1.66. The van der Waals surface area contributed by atoms with Crippen molar-refractivity contribution in [3.05, 3.63) is 36.2 Å². The van der Waals surface area contributed by atoms with Crippen molar-refractivity contribution >= 4 is 0 Å². The molecule has 0 saturated carbocycles. The lowest BCUT2D eigenvalue weighted by Gasteiger charge is -1.95. The van der Waals surface area contributed by atoms with Crippen LogP contribution in [0, 0.1) is 6.92 Å². The first-order valence-corrected chi connectivity index (χ1v) is 3.83. The molecule has 0 amide bonds. The molecule has 2 heterocycles. The molecule has 0 saturated heterocycles. The molecule has 2 aromatic heterocycles. The molecule has 0 fully saturated rings. The lowest BCUT2D eigenvalue weighted by molar-refractivity contribution is 0.655. The standard InChI is InChI=1S/C8H10N4/c1-7-2-5-12(11-7)6-8-9-3-4-10-8/h2-5H,6H2,1H3,(H,9,10). The fourth-order valence-corrected chi connectivity index (χ4v) is 1.09. The fraction of sp³-hybridized carbons (Fsp3) is 0.250. The van der Waals surface area contributed by atoms with Crippen molar-refractivity contribution in [2.75, 3.05) is 0 Å². The predicted molar refractivity (Wildman–Crippen MR) is 44.7 cm³/mol. The van der Waals surface area contributed by atoms with Crippen molar-refractivity contribution in [1.29, 1.82) is 0 Å². The van der Waals surface area contributed by atoms with Gasteiger partial charge in [0.25, 0.3) is 0 Å². The second kappa shape index (κ2) is 2.81. The number of aromatic amines is 1. The molecule has 0 bridgehead atoms. The Morgan fingerprint density at radius 3 is 3.08 bits per heavy atom. The average molecular weight is 162 g/mol. The van der Waals surface area contributed by atoms with Crippen LogP contribution in [0.1, 0.15) is 11.5 Å². The zero-order valence-corrected chi connectivity index (χ0v) is 6.86. The quantitative estimate of drug-likeness (QED) is 0.715. The number of H-pyrrole nitrogens is 1. The maximum absolute atomic E-state index is 4.24. The van der Waals surface area contributed by atoms with Crippen molar-refractivity contribution in [3.63, 3.8) is 0 Å². The number of hydrogen-bond acceptors (Lipinski definition) is 2. The number of nitrogens with zero attached hydrogens (tertiary/aromatic N) is 3. The summed E-state index contributed by atoms with van der Waals surface area (Å²) in [6.07, 6.45) is 5.50. The molecule has 2 rings (SSSR count). The molecule has 0 aliphatic rings. The van der Waals surface area contributed by atoms with Crippen LogP contribution in [-0.2, 0) is 6.54 Å². The van der Waals surface area contributed by atoms with Crippen LogP contribution in [0.5, 0.6) is 0 Å². The van der Waals surface area contributed by atoms with E-state index in [1.54, 1.807) is 6.20 Å². The lowest BCUT2D eigenvalue weighted by atomic mass is 10.5. The van der Waals surface area contributed by atoms with Crippen molar-refractivity contribution in [2.24, 2.45) is 0 Å². The van der Waals surface area contributed by atoms with Gasteiger partial charge in [-0.25, -0.2) is 4.98 Å². The minimum Gasteiger partial charge on any atom is -0.347 e. The van der Waals surface area contributed by atoms with E-state index in [0.29, 0.717) is 6.54 Å². The van der Waals surface area contributed by atoms with Crippen molar-refractivity contribution < 1.29 is 0 Å². The largest absolute Gasteiger partial charge is 0.347 e. The van der Waals surface area contributed by atoms with Gasteiger partial charge < -0.3 is 4.98 Å². The first kappa shape index (κ1) is 7.09. The summed E-state index contributed by atoms with van der Waals surface area (Å²) in [6.45, 7) is 2.68. The number of aryl methyl sites for hydroxylation is 1. The van der Waals surface area contributed by atoms with Gasteiger partial charge in [0.2, 0.25) is 0 Å². The Labute approximate surface area is 70.3 Å². The second-order valence-corrected chi connectivity index (χ2v) is 2.69. The summed E-state index contributed by atoms with van der Waals surface area (Å²) < 4.78 is 1.86. The summed E-state index contributed by atoms with van der Waals surface area (Å²) >= 11 is 0. The maximum atomic E-state index is 4.24. The molecule has 0 radical (unpaired) electrons. The second-order valence-electron chi connectivity index (χ2n) is 2.69. The zero-order valence-electron chi connectivity index (χ0n) is 6.86. The molecule has 0 atom stereocenters. The van der Waals surface area contributed by atoms with Crippen LogP contribution in [0.3, 0.4) is 0 Å². The third kappa shape index (κ3) is 1.37. The third-order valence-corrected chi connectivity index (χ3v) is 1.64. The van der Waals surface area contributed by atoms with Crippen molar-refractivity contribution in [1.82, 2.24) is 19.7 Å². The highest BCUT2D eigenvalue weighted by atomic mass is 15.3. The Balaban J connectivity index is 2.14. The van der Waals surface area contributed by atoms with E-state index in [-0.39, 0.29) is 0 Å². The van der Waals surface area contributed by atoms with Crippen LogP contribution in [0.2, 0.25) is 0 Å². The van der Waals surface area contributed by atoms with Gasteiger partial charge in [-0.1, -0.05) is 0 Å². The molecule has 4 nitrogen and oxygen atoms in total. The van der Waals surface area contributed by atoms with Crippen LogP contribution >= 0.6 is 0 Å². The van der Waals surface area contributed by atoms with Crippen LogP contribution in [0.4, 0.5) is 0 Å². The molecule has 4 heteroatoms. The summed E-state index contributed by atoms with van der Waals surface area (Å²) in [7, 11) is 0. The molecular weight excluding hydrogens is 152 g/mol. The average Bonchev–Trinajstić information content (AvgIpc) is 2.63. The molecule has 0 aliphatic carbocycles. The van der Waals surface area contributed by atoms with Gasteiger partial charge in [-0.05, 0) is 13.0 Å². The van der Waals surface area contributed by atoms with Crippen LogP contribution < -0.4 is 0 Å². The fourth-order valence-electron chi connectivity index (χ4n) is 1.09. The highest BCUT2D eigenvalue weighted by Crippen LogP contribution is 1.96. The number of hydrogen-bond donors (Lipinski definition) is 1. The van der Waals surface area contributed by atoms with Crippen LogP contribution in [0.15, 0.2) is 24.7 Å². The van der Waals surface area contributed by atoms with Crippen LogP contribution in [-0.4, -0.2) is 19.7 Å². The van der Waals surface area contributed by atoms with Gasteiger partial charge in [0, 0.05) is 18.6 Å². The maximum Gasteiger partial charge on any atom is 0.127 e. The molecule has 0 spiro atoms. The van der Waals surface area contributed by atoms with Crippen molar-refractivity contribution in [2.45, 2.75) is 13.5 Å². The van der Waals surface area contributed by atoms with Gasteiger partial charge >= 0.3 is 0 Å². The van der Waals surface area contributed by atoms with E-state index >= 15 is 0 Å². The van der Waals surface area contributed by atoms with E-state index in [2.05, 4.69) is 15.1 Å². The summed E-state index contributed by atoms with van der Waals surface area (Å²) in [5.41, 5.74) is 1.03. The number of rotatable bonds is 2. The minimum absolute atomic E-state index is 0.709. The van der Waals surface area contributed by atoms with E-state index < -0.39 is 0 Å². The van der Waals surface area contributed by atoms with Gasteiger partial charge in [-0.2, -0.15) is 5.10 Å². The van der Waals surface area contributed by atoms with Crippen LogP contribution in [0.25, 0.3) is 0 Å². The summed E-state index contributed by atoms with van der Waals surface area (Å²) in [5.74, 6) is 0.929. The number of aromatic nitrogens is 4. The Morgan fingerprint density at radius 1 is 1.58 bits per heavy atom. The molecular formula is C8H10N4. The minimum atomic E-state index is 0.709. The smallest absolute Gasteiger partial charge is 0.127 e. The predicted octanol–water partition coefficient (Wildman–Crippen LogP) is 0.963. The van der Waals surface area contributed by atoms with E-state index in [0.717, 1.165) is 11.5 Å². The van der Waals surface area contributed by atoms with E-state index in [9.17, 15) is 0 Å². The molecule has 0 aliphatic heterocycles. The first-order chi connectivity index (χ1) is 5.84. The Hall–Kier alpha value is -1.58. The van der Waals surface area contributed by atoms with E-state index in [1.807, 2.05) is 30.1 Å². The normalized spacial score (nSPS) is 10.4. The summed E-state index contributed by atoms with van der Waals surface area (Å²) in [4.78, 5) is 7.13. The molecule has 1 N–H and O–H groups in total. The first-order valence-electron chi connectivity index (χ1n) is 3.83. The highest BCUT2D eigenvalue weighted by Gasteiger charge is 1.96. The molecule has 62 valence electrons. The monoisotopic (exact) mass is 162 g/mol. The molecule has 0 aromatic carbocycles. The van der Waals surface area contributed by atoms with Gasteiger partial charge in [-0.3, -0.25) is 4.68 Å². The van der Waals surface area contributed by atoms with Gasteiger partial charge in [0.15, 0.2) is 0 Å². The highest BCUT2D eigenvalue weighted by molar-refractivity contribution is 4.97. The van der Waals surface area contributed by atoms with Crippen molar-refractivity contribution in [3.8, 4) is 0 Å². The SMILES string of the molecule is Cc1ccn(Cc2ncc[nH]2)n1. The van der Waals surface area contributed by atoms with Gasteiger partial charge in [-0.15, -0.1) is 0 Å². The number of nitrogens with one attached hydrogen (secondary N) is 1. The Morgan fingerprint density at radius 2 is 2.50 bits per heavy atom. The summed E-state index contributed by atoms with van der Waals surface area (Å²) in [6, 6.07) is 1.98. The molecule has 0 unspecified atom stereocenters. The van der Waals surface area contributed by atoms with Gasteiger partial charge in [0.1, 0.15) is 5.82 Å².